The Morgan fingerprint density at radius 2 is 1.72 bits per heavy atom. The lowest BCUT2D eigenvalue weighted by Gasteiger charge is -2.32. The van der Waals surface area contributed by atoms with Crippen LogP contribution in [0.15, 0.2) is 78.9 Å². The summed E-state index contributed by atoms with van der Waals surface area (Å²) in [6.45, 7) is 3.96. The maximum absolute atomic E-state index is 13.5. The Hall–Kier alpha value is -4.15. The van der Waals surface area contributed by atoms with Crippen molar-refractivity contribution >= 4 is 16.8 Å². The molecule has 1 amide bonds. The fourth-order valence-corrected chi connectivity index (χ4v) is 5.42. The summed E-state index contributed by atoms with van der Waals surface area (Å²) in [5.74, 6) is 0.824. The number of ether oxygens (including phenoxy) is 2. The molecule has 5 rings (SSSR count). The molecule has 0 radical (unpaired) electrons. The van der Waals surface area contributed by atoms with E-state index in [2.05, 4.69) is 15.0 Å². The number of benzene rings is 3. The van der Waals surface area contributed by atoms with Crippen LogP contribution in [0.3, 0.4) is 0 Å². The molecule has 4 aromatic rings. The summed E-state index contributed by atoms with van der Waals surface area (Å²) in [5, 5.41) is 3.69. The summed E-state index contributed by atoms with van der Waals surface area (Å²) >= 11 is 0. The minimum atomic E-state index is -4.82. The van der Waals surface area contributed by atoms with Gasteiger partial charge in [-0.25, -0.2) is 0 Å². The first-order chi connectivity index (χ1) is 20.7. The van der Waals surface area contributed by atoms with Crippen LogP contribution in [0.2, 0.25) is 0 Å². The Kier molecular flexibility index (Phi) is 9.47. The summed E-state index contributed by atoms with van der Waals surface area (Å²) in [6.07, 6.45) is -2.96. The highest BCUT2D eigenvalue weighted by Gasteiger charge is 2.31. The van der Waals surface area contributed by atoms with Gasteiger partial charge in [-0.15, -0.1) is 13.2 Å². The van der Waals surface area contributed by atoms with E-state index in [0.29, 0.717) is 33.5 Å². The van der Waals surface area contributed by atoms with E-state index in [-0.39, 0.29) is 24.1 Å². The van der Waals surface area contributed by atoms with Crippen LogP contribution in [0.1, 0.15) is 40.4 Å². The standard InChI is InChI=1S/C33H35F3N4O3/c1-37-15-18-40-16-13-23(14-17-40)31-20-25(29-21-28(43-33(34,35)36)11-12-30(29)38-31)22-39(2)32(41)24-7-6-10-27(19-24)42-26-8-4-3-5-9-26/h3-12,19-21,23,37H,13-18,22H2,1-2H3. The number of amides is 1. The SMILES string of the molecule is CNCCN1CCC(c2cc(CN(C)C(=O)c3cccc(Oc4ccccc4)c3)c3cc(OC(F)(F)F)ccc3n2)CC1. The average molecular weight is 593 g/mol. The molecule has 1 N–H and O–H groups in total. The van der Waals surface area contributed by atoms with E-state index in [4.69, 9.17) is 9.72 Å². The normalized spacial score (nSPS) is 14.5. The van der Waals surface area contributed by atoms with Gasteiger partial charge >= 0.3 is 6.36 Å². The molecular formula is C33H35F3N4O3. The molecule has 43 heavy (non-hydrogen) atoms. The molecule has 1 aliphatic heterocycles. The maximum atomic E-state index is 13.5. The van der Waals surface area contributed by atoms with E-state index in [1.165, 1.54) is 12.1 Å². The van der Waals surface area contributed by atoms with Crippen molar-refractivity contribution in [3.63, 3.8) is 0 Å². The van der Waals surface area contributed by atoms with Gasteiger partial charge in [0.15, 0.2) is 0 Å². The first kappa shape index (κ1) is 30.3. The number of carbonyl (C=O) groups excluding carboxylic acids is 1. The number of aromatic nitrogens is 1. The van der Waals surface area contributed by atoms with Gasteiger partial charge in [-0.05, 0) is 93.1 Å². The van der Waals surface area contributed by atoms with Gasteiger partial charge in [0.1, 0.15) is 17.2 Å². The van der Waals surface area contributed by atoms with Crippen molar-refractivity contribution in [1.82, 2.24) is 20.1 Å². The Morgan fingerprint density at radius 3 is 2.44 bits per heavy atom. The van der Waals surface area contributed by atoms with Crippen LogP contribution < -0.4 is 14.8 Å². The molecule has 7 nitrogen and oxygen atoms in total. The second-order valence-electron chi connectivity index (χ2n) is 10.8. The Bertz CT molecular complexity index is 1540. The van der Waals surface area contributed by atoms with Gasteiger partial charge in [0.25, 0.3) is 5.91 Å². The molecule has 0 aliphatic carbocycles. The number of nitrogens with zero attached hydrogens (tertiary/aromatic N) is 3. The number of halogens is 3. The third-order valence-electron chi connectivity index (χ3n) is 7.62. The largest absolute Gasteiger partial charge is 0.573 e. The highest BCUT2D eigenvalue weighted by Crippen LogP contribution is 2.33. The molecule has 0 saturated carbocycles. The fraction of sp³-hybridized carbons (Fsp3) is 0.333. The summed E-state index contributed by atoms with van der Waals surface area (Å²) in [5.41, 5.74) is 2.60. The van der Waals surface area contributed by atoms with E-state index < -0.39 is 6.36 Å². The molecule has 1 saturated heterocycles. The van der Waals surface area contributed by atoms with Crippen molar-refractivity contribution in [3.8, 4) is 17.2 Å². The number of hydrogen-bond donors (Lipinski definition) is 1. The zero-order chi connectivity index (χ0) is 30.4. The first-order valence-corrected chi connectivity index (χ1v) is 14.3. The molecule has 0 unspecified atom stereocenters. The molecule has 2 heterocycles. The van der Waals surface area contributed by atoms with Crippen LogP contribution in [0, 0.1) is 0 Å². The van der Waals surface area contributed by atoms with Gasteiger partial charge in [0.05, 0.1) is 5.52 Å². The van der Waals surface area contributed by atoms with Gasteiger partial charge in [-0.1, -0.05) is 24.3 Å². The minimum absolute atomic E-state index is 0.172. The van der Waals surface area contributed by atoms with Crippen molar-refractivity contribution < 1.29 is 27.4 Å². The molecule has 226 valence electrons. The monoisotopic (exact) mass is 592 g/mol. The maximum Gasteiger partial charge on any atom is 0.573 e. The molecule has 0 atom stereocenters. The number of rotatable bonds is 10. The zero-order valence-electron chi connectivity index (χ0n) is 24.2. The highest BCUT2D eigenvalue weighted by atomic mass is 19.4. The first-order valence-electron chi connectivity index (χ1n) is 14.3. The molecule has 3 aromatic carbocycles. The van der Waals surface area contributed by atoms with Crippen molar-refractivity contribution in [2.45, 2.75) is 31.7 Å². The van der Waals surface area contributed by atoms with E-state index >= 15 is 0 Å². The Balaban J connectivity index is 1.40. The topological polar surface area (TPSA) is 66.9 Å². The van der Waals surface area contributed by atoms with E-state index in [1.54, 1.807) is 42.3 Å². The molecule has 0 bridgehead atoms. The third-order valence-corrected chi connectivity index (χ3v) is 7.62. The minimum Gasteiger partial charge on any atom is -0.457 e. The molecule has 1 fully saturated rings. The number of para-hydroxylation sites is 1. The number of hydrogen-bond acceptors (Lipinski definition) is 6. The predicted octanol–water partition coefficient (Wildman–Crippen LogP) is 6.60. The summed E-state index contributed by atoms with van der Waals surface area (Å²) in [6, 6.07) is 22.3. The van der Waals surface area contributed by atoms with Gasteiger partial charge in [-0.3, -0.25) is 9.78 Å². The van der Waals surface area contributed by atoms with Crippen molar-refractivity contribution in [2.75, 3.05) is 40.3 Å². The molecule has 1 aliphatic rings. The molecule has 10 heteroatoms. The number of alkyl halides is 3. The van der Waals surface area contributed by atoms with Gasteiger partial charge in [-0.2, -0.15) is 0 Å². The number of likely N-dealkylation sites (N-methyl/N-ethyl adjacent to an activating group) is 1. The van der Waals surface area contributed by atoms with Crippen LogP contribution in [-0.2, 0) is 6.54 Å². The number of carbonyl (C=O) groups is 1. The lowest BCUT2D eigenvalue weighted by molar-refractivity contribution is -0.274. The second kappa shape index (κ2) is 13.4. The fourth-order valence-electron chi connectivity index (χ4n) is 5.42. The van der Waals surface area contributed by atoms with Crippen LogP contribution in [0.4, 0.5) is 13.2 Å². The summed E-state index contributed by atoms with van der Waals surface area (Å²) in [4.78, 5) is 22.4. The molecule has 1 aromatic heterocycles. The summed E-state index contributed by atoms with van der Waals surface area (Å²) < 4.78 is 49.2. The quantitative estimate of drug-likeness (QED) is 0.224. The van der Waals surface area contributed by atoms with E-state index in [1.807, 2.05) is 43.4 Å². The third kappa shape index (κ3) is 8.03. The number of likely N-dealkylation sites (tertiary alicyclic amines) is 1. The van der Waals surface area contributed by atoms with E-state index in [9.17, 15) is 18.0 Å². The number of fused-ring (bicyclic) bond motifs is 1. The van der Waals surface area contributed by atoms with Gasteiger partial charge < -0.3 is 24.6 Å². The Labute approximate surface area is 249 Å². The lowest BCUT2D eigenvalue weighted by atomic mass is 9.91. The highest BCUT2D eigenvalue weighted by molar-refractivity contribution is 5.95. The van der Waals surface area contributed by atoms with E-state index in [0.717, 1.165) is 44.7 Å². The average Bonchev–Trinajstić information content (AvgIpc) is 3.00. The molecular weight excluding hydrogens is 557 g/mol. The summed E-state index contributed by atoms with van der Waals surface area (Å²) in [7, 11) is 3.62. The second-order valence-corrected chi connectivity index (χ2v) is 10.8. The Morgan fingerprint density at radius 1 is 0.977 bits per heavy atom. The number of piperidine rings is 1. The van der Waals surface area contributed by atoms with Gasteiger partial charge in [0.2, 0.25) is 0 Å². The van der Waals surface area contributed by atoms with Crippen molar-refractivity contribution in [2.24, 2.45) is 0 Å². The van der Waals surface area contributed by atoms with Crippen molar-refractivity contribution in [3.05, 3.63) is 95.7 Å². The lowest BCUT2D eigenvalue weighted by Crippen LogP contribution is -2.37. The zero-order valence-corrected chi connectivity index (χ0v) is 24.2. The van der Waals surface area contributed by atoms with Crippen LogP contribution in [0.5, 0.6) is 17.2 Å². The molecule has 0 spiro atoms. The number of pyridine rings is 1. The predicted molar refractivity (Wildman–Crippen MR) is 160 cm³/mol. The number of nitrogens with one attached hydrogen (secondary N) is 1. The van der Waals surface area contributed by atoms with Crippen LogP contribution in [0.25, 0.3) is 10.9 Å². The smallest absolute Gasteiger partial charge is 0.457 e. The van der Waals surface area contributed by atoms with Crippen LogP contribution >= 0.6 is 0 Å². The van der Waals surface area contributed by atoms with Gasteiger partial charge in [0, 0.05) is 49.2 Å². The van der Waals surface area contributed by atoms with Crippen molar-refractivity contribution in [1.29, 1.82) is 0 Å². The van der Waals surface area contributed by atoms with Crippen LogP contribution in [-0.4, -0.2) is 67.3 Å².